The molecule has 0 radical (unpaired) electrons. The fourth-order valence-corrected chi connectivity index (χ4v) is 10.8. The molecule has 3 saturated carbocycles. The highest BCUT2D eigenvalue weighted by molar-refractivity contribution is 6.74. The van der Waals surface area contributed by atoms with Crippen molar-refractivity contribution in [2.75, 3.05) is 6.61 Å². The van der Waals surface area contributed by atoms with Gasteiger partial charge in [-0.2, -0.15) is 0 Å². The Kier molecular flexibility index (Phi) is 12.0. The van der Waals surface area contributed by atoms with Crippen LogP contribution in [0.15, 0.2) is 59.7 Å². The quantitative estimate of drug-likeness (QED) is 0.177. The first kappa shape index (κ1) is 40.3. The predicted molar refractivity (Wildman–Crippen MR) is 213 cm³/mol. The van der Waals surface area contributed by atoms with Crippen LogP contribution in [0.4, 0.5) is 0 Å². The zero-order valence-electron chi connectivity index (χ0n) is 33.6. The van der Waals surface area contributed by atoms with Crippen LogP contribution in [0.3, 0.4) is 0 Å². The van der Waals surface area contributed by atoms with Gasteiger partial charge in [-0.25, -0.2) is 0 Å². The molecular weight excluding hydrogens is 637 g/mol. The van der Waals surface area contributed by atoms with E-state index in [2.05, 4.69) is 93.4 Å². The number of aliphatic hydroxyl groups is 1. The van der Waals surface area contributed by atoms with E-state index in [0.717, 1.165) is 30.6 Å². The molecule has 3 fully saturated rings. The molecule has 0 bridgehead atoms. The highest BCUT2D eigenvalue weighted by Crippen LogP contribution is 2.59. The number of rotatable bonds is 11. The molecule has 0 unspecified atom stereocenters. The van der Waals surface area contributed by atoms with Crippen molar-refractivity contribution in [1.82, 2.24) is 0 Å². The van der Waals surface area contributed by atoms with E-state index in [1.165, 1.54) is 43.3 Å². The third kappa shape index (κ3) is 9.14. The molecule has 0 aromatic heterocycles. The Hall–Kier alpha value is -1.45. The average Bonchev–Trinajstić information content (AvgIpc) is 3.33. The summed E-state index contributed by atoms with van der Waals surface area (Å²) in [5.41, 5.74) is 4.67. The first-order chi connectivity index (χ1) is 22.4. The van der Waals surface area contributed by atoms with Gasteiger partial charge in [0.05, 0.1) is 18.3 Å². The van der Waals surface area contributed by atoms with Crippen LogP contribution >= 0.6 is 0 Å². The topological polar surface area (TPSA) is 58.9 Å². The van der Waals surface area contributed by atoms with E-state index in [1.807, 2.05) is 38.1 Å². The zero-order valence-corrected chi connectivity index (χ0v) is 35.6. The third-order valence-electron chi connectivity index (χ3n) is 13.9. The van der Waals surface area contributed by atoms with E-state index in [-0.39, 0.29) is 16.2 Å². The molecule has 4 rings (SSSR count). The smallest absolute Gasteiger partial charge is 0.192 e. The van der Waals surface area contributed by atoms with Gasteiger partial charge >= 0.3 is 0 Å². The molecule has 4 nitrogen and oxygen atoms in total. The van der Waals surface area contributed by atoms with Gasteiger partial charge in [0.2, 0.25) is 0 Å². The molecule has 1 aromatic carbocycles. The summed E-state index contributed by atoms with van der Waals surface area (Å²) in [4.78, 5) is 11.2. The van der Waals surface area contributed by atoms with Crippen molar-refractivity contribution in [3.63, 3.8) is 0 Å². The predicted octanol–water partition coefficient (Wildman–Crippen LogP) is 11.7. The number of allylic oxidation sites excluding steroid dienone is 3. The number of hydrogen-bond acceptors (Lipinski definition) is 4. The zero-order chi connectivity index (χ0) is 36.8. The molecule has 2 N–H and O–H groups in total. The molecule has 6 heteroatoms. The minimum atomic E-state index is -2.36. The van der Waals surface area contributed by atoms with E-state index in [1.54, 1.807) is 5.57 Å². The summed E-state index contributed by atoms with van der Waals surface area (Å²) in [6.07, 6.45) is 14.2. The monoisotopic (exact) mass is 708 g/mol. The molecule has 0 heterocycles. The lowest BCUT2D eigenvalue weighted by Crippen LogP contribution is -2.46. The number of benzene rings is 1. The number of ether oxygens (including phenoxy) is 1. The van der Waals surface area contributed by atoms with Gasteiger partial charge < -0.3 is 19.1 Å². The van der Waals surface area contributed by atoms with E-state index in [4.69, 9.17) is 9.16 Å². The van der Waals surface area contributed by atoms with E-state index in [0.29, 0.717) is 35.7 Å². The normalized spacial score (nSPS) is 29.7. The Bertz CT molecular complexity index is 1340. The van der Waals surface area contributed by atoms with Crippen molar-refractivity contribution in [2.24, 2.45) is 29.1 Å². The van der Waals surface area contributed by atoms with Crippen LogP contribution in [-0.4, -0.2) is 39.2 Å². The molecule has 0 saturated heterocycles. The number of hydrogen-bond donors (Lipinski definition) is 2. The highest BCUT2D eigenvalue weighted by Gasteiger charge is 2.51. The summed E-state index contributed by atoms with van der Waals surface area (Å²) in [5.74, 6) is 2.88. The fraction of sp³-hybridized carbons (Fsp3) is 0.721. The SMILES string of the molecule is C=C1[C@H](CC(C)(C)[Si](C)(C)O)C/C(=C\C=C2/CCC[C@]3(C)[C@@H]([C@@H](C)COc4cccc(C(C)(C)O)c4)CC[C@@H]23)C[C@H]1O[Si](C)(C)C(C)(C)C. The molecule has 3 aliphatic rings. The molecule has 6 atom stereocenters. The maximum absolute atomic E-state index is 11.2. The van der Waals surface area contributed by atoms with Gasteiger partial charge in [-0.3, -0.25) is 0 Å². The second-order valence-electron chi connectivity index (χ2n) is 19.7. The van der Waals surface area contributed by atoms with Crippen LogP contribution in [-0.2, 0) is 10.0 Å². The summed E-state index contributed by atoms with van der Waals surface area (Å²) in [5, 5.41) is 10.5. The second-order valence-corrected chi connectivity index (χ2v) is 29.0. The molecular formula is C43H72O4Si2. The largest absolute Gasteiger partial charge is 0.493 e. The van der Waals surface area contributed by atoms with Crippen LogP contribution in [0.25, 0.3) is 0 Å². The van der Waals surface area contributed by atoms with Crippen LogP contribution in [0, 0.1) is 29.1 Å². The van der Waals surface area contributed by atoms with Gasteiger partial charge in [0, 0.05) is 0 Å². The summed E-state index contributed by atoms with van der Waals surface area (Å²) >= 11 is 0. The summed E-state index contributed by atoms with van der Waals surface area (Å²) in [7, 11) is -4.36. The van der Waals surface area contributed by atoms with Gasteiger partial charge in [0.25, 0.3) is 0 Å². The molecule has 0 amide bonds. The molecule has 0 aliphatic heterocycles. The van der Waals surface area contributed by atoms with Gasteiger partial charge in [0.1, 0.15) is 5.75 Å². The van der Waals surface area contributed by atoms with E-state index < -0.39 is 22.2 Å². The lowest BCUT2D eigenvalue weighted by molar-refractivity contribution is 0.0727. The maximum Gasteiger partial charge on any atom is 0.192 e. The second kappa shape index (κ2) is 14.5. The molecule has 1 aromatic rings. The number of fused-ring (bicyclic) bond motifs is 1. The van der Waals surface area contributed by atoms with Crippen molar-refractivity contribution < 1.29 is 19.1 Å². The van der Waals surface area contributed by atoms with E-state index >= 15 is 0 Å². The lowest BCUT2D eigenvalue weighted by atomic mass is 9.61. The minimum Gasteiger partial charge on any atom is -0.493 e. The van der Waals surface area contributed by atoms with Crippen molar-refractivity contribution in [3.05, 3.63) is 65.3 Å². The van der Waals surface area contributed by atoms with Gasteiger partial charge in [-0.15, -0.1) is 0 Å². The van der Waals surface area contributed by atoms with Crippen molar-refractivity contribution in [3.8, 4) is 5.75 Å². The maximum atomic E-state index is 11.2. The van der Waals surface area contributed by atoms with Crippen LogP contribution in [0.1, 0.15) is 119 Å². The molecule has 276 valence electrons. The standard InChI is InChI=1S/C43H72O4Si2/c1-30(29-46-36-19-15-18-35(27-36)42(8,9)44)37-22-23-38-33(17-16-24-43(37,38)10)21-20-32-25-34(28-41(6,7)48(11,12)45)31(2)39(26-32)47-49(13,14)40(3,4)5/h15,18-21,27,30,34,37-39,44-45H,2,16-17,22-26,28-29H2,1,3-14H3/b32-20+,33-21+/t30-,34-,37+,38-,39+,43+/m0/s1. The molecule has 49 heavy (non-hydrogen) atoms. The summed E-state index contributed by atoms with van der Waals surface area (Å²) in [6.45, 7) is 34.4. The Morgan fingerprint density at radius 1 is 1.02 bits per heavy atom. The van der Waals surface area contributed by atoms with E-state index in [9.17, 15) is 9.90 Å². The lowest BCUT2D eigenvalue weighted by Gasteiger charge is -2.45. The van der Waals surface area contributed by atoms with Gasteiger partial charge in [-0.05, 0) is 154 Å². The van der Waals surface area contributed by atoms with Crippen LogP contribution in [0.2, 0.25) is 36.3 Å². The summed E-state index contributed by atoms with van der Waals surface area (Å²) < 4.78 is 13.5. The van der Waals surface area contributed by atoms with Gasteiger partial charge in [0.15, 0.2) is 16.6 Å². The van der Waals surface area contributed by atoms with Crippen molar-refractivity contribution in [2.45, 2.75) is 162 Å². The Morgan fingerprint density at radius 3 is 2.31 bits per heavy atom. The Labute approximate surface area is 303 Å². The Balaban J connectivity index is 1.54. The summed E-state index contributed by atoms with van der Waals surface area (Å²) in [6, 6.07) is 7.95. The van der Waals surface area contributed by atoms with Crippen LogP contribution < -0.4 is 4.74 Å². The van der Waals surface area contributed by atoms with Crippen molar-refractivity contribution in [1.29, 1.82) is 0 Å². The highest BCUT2D eigenvalue weighted by atomic mass is 28.4. The minimum absolute atomic E-state index is 0.0426. The fourth-order valence-electron chi connectivity index (χ4n) is 8.77. The Morgan fingerprint density at radius 2 is 1.69 bits per heavy atom. The first-order valence-corrected chi connectivity index (χ1v) is 25.1. The van der Waals surface area contributed by atoms with Gasteiger partial charge in [-0.1, -0.05) is 90.5 Å². The third-order valence-corrected chi connectivity index (χ3v) is 21.9. The van der Waals surface area contributed by atoms with Crippen molar-refractivity contribution >= 4 is 16.6 Å². The first-order valence-electron chi connectivity index (χ1n) is 19.3. The molecule has 0 spiro atoms. The van der Waals surface area contributed by atoms with Crippen LogP contribution in [0.5, 0.6) is 5.75 Å². The average molecular weight is 709 g/mol. The molecule has 3 aliphatic carbocycles.